The van der Waals surface area contributed by atoms with Crippen LogP contribution in [0.3, 0.4) is 0 Å². The highest BCUT2D eigenvalue weighted by Gasteiger charge is 2.15. The maximum atomic E-state index is 11.9. The van der Waals surface area contributed by atoms with Crippen molar-refractivity contribution in [1.82, 2.24) is 10.2 Å². The number of fused-ring (bicyclic) bond motifs is 1. The van der Waals surface area contributed by atoms with E-state index in [0.717, 1.165) is 27.8 Å². The number of aryl methyl sites for hydroxylation is 1. The first-order valence-electron chi connectivity index (χ1n) is 9.13. The predicted molar refractivity (Wildman–Crippen MR) is 113 cm³/mol. The van der Waals surface area contributed by atoms with Gasteiger partial charge in [-0.3, -0.25) is 0 Å². The first-order valence-corrected chi connectivity index (χ1v) is 9.51. The normalized spacial score (nSPS) is 12.5. The zero-order chi connectivity index (χ0) is 20.3. The van der Waals surface area contributed by atoms with Gasteiger partial charge < -0.3 is 19.4 Å². The van der Waals surface area contributed by atoms with Crippen LogP contribution in [0.5, 0.6) is 5.75 Å². The van der Waals surface area contributed by atoms with Gasteiger partial charge in [-0.25, -0.2) is 4.79 Å². The Labute approximate surface area is 169 Å². The molecule has 0 saturated heterocycles. The summed E-state index contributed by atoms with van der Waals surface area (Å²) in [4.78, 5) is 14.1. The molecule has 0 aliphatic rings. The summed E-state index contributed by atoms with van der Waals surface area (Å²) >= 11 is 6.28. The lowest BCUT2D eigenvalue weighted by Gasteiger charge is -2.25. The van der Waals surface area contributed by atoms with Gasteiger partial charge in [-0.1, -0.05) is 23.7 Å². The van der Waals surface area contributed by atoms with Crippen molar-refractivity contribution >= 4 is 22.6 Å². The fourth-order valence-corrected chi connectivity index (χ4v) is 3.45. The Bertz CT molecular complexity index is 1030. The van der Waals surface area contributed by atoms with Crippen molar-refractivity contribution in [1.29, 1.82) is 0 Å². The molecule has 1 atom stereocenters. The molecule has 0 aliphatic heterocycles. The van der Waals surface area contributed by atoms with E-state index in [1.807, 2.05) is 45.3 Å². The van der Waals surface area contributed by atoms with Crippen molar-refractivity contribution in [2.75, 3.05) is 27.7 Å². The van der Waals surface area contributed by atoms with Crippen molar-refractivity contribution in [2.45, 2.75) is 19.5 Å². The molecule has 0 fully saturated rings. The van der Waals surface area contributed by atoms with Crippen LogP contribution in [0.4, 0.5) is 0 Å². The quantitative estimate of drug-likeness (QED) is 0.603. The average molecular weight is 401 g/mol. The van der Waals surface area contributed by atoms with E-state index < -0.39 is 0 Å². The Kier molecular flexibility index (Phi) is 6.39. The summed E-state index contributed by atoms with van der Waals surface area (Å²) in [7, 11) is 5.75. The van der Waals surface area contributed by atoms with E-state index >= 15 is 0 Å². The number of halogens is 1. The van der Waals surface area contributed by atoms with Crippen molar-refractivity contribution < 1.29 is 9.15 Å². The SMILES string of the molecule is COc1cccc([C@@H](CNCc2cc(=O)oc3cc(C)c(Cl)cc23)N(C)C)c1. The van der Waals surface area contributed by atoms with Gasteiger partial charge in [0.2, 0.25) is 0 Å². The van der Waals surface area contributed by atoms with Crippen LogP contribution >= 0.6 is 11.6 Å². The number of likely N-dealkylation sites (N-methyl/N-ethyl adjacent to an activating group) is 1. The fraction of sp³-hybridized carbons (Fsp3) is 0.318. The van der Waals surface area contributed by atoms with Crippen LogP contribution in [0.15, 0.2) is 51.7 Å². The van der Waals surface area contributed by atoms with Crippen LogP contribution in [0.25, 0.3) is 11.0 Å². The van der Waals surface area contributed by atoms with E-state index in [2.05, 4.69) is 16.3 Å². The molecule has 2 aromatic carbocycles. The van der Waals surface area contributed by atoms with Crippen molar-refractivity contribution in [3.8, 4) is 5.75 Å². The number of nitrogens with one attached hydrogen (secondary N) is 1. The lowest BCUT2D eigenvalue weighted by Crippen LogP contribution is -2.31. The number of ether oxygens (including phenoxy) is 1. The smallest absolute Gasteiger partial charge is 0.336 e. The first kappa shape index (κ1) is 20.4. The van der Waals surface area contributed by atoms with Crippen LogP contribution in [-0.2, 0) is 6.54 Å². The summed E-state index contributed by atoms with van der Waals surface area (Å²) in [6.45, 7) is 3.14. The molecule has 1 N–H and O–H groups in total. The van der Waals surface area contributed by atoms with E-state index in [4.69, 9.17) is 20.8 Å². The third kappa shape index (κ3) is 4.55. The number of nitrogens with zero attached hydrogens (tertiary/aromatic N) is 1. The van der Waals surface area contributed by atoms with Crippen LogP contribution in [-0.4, -0.2) is 32.6 Å². The molecule has 28 heavy (non-hydrogen) atoms. The van der Waals surface area contributed by atoms with Crippen LogP contribution in [0.1, 0.15) is 22.7 Å². The molecule has 3 aromatic rings. The number of methoxy groups -OCH3 is 1. The first-order chi connectivity index (χ1) is 13.4. The molecule has 148 valence electrons. The Morgan fingerprint density at radius 3 is 2.71 bits per heavy atom. The summed E-state index contributed by atoms with van der Waals surface area (Å²) in [5.74, 6) is 0.834. The van der Waals surface area contributed by atoms with Gasteiger partial charge >= 0.3 is 5.63 Å². The number of benzene rings is 2. The van der Waals surface area contributed by atoms with Crippen LogP contribution in [0, 0.1) is 6.92 Å². The third-order valence-corrected chi connectivity index (χ3v) is 5.27. The average Bonchev–Trinajstić information content (AvgIpc) is 2.66. The molecule has 1 aromatic heterocycles. The molecule has 0 radical (unpaired) electrons. The molecule has 0 saturated carbocycles. The monoisotopic (exact) mass is 400 g/mol. The van der Waals surface area contributed by atoms with Crippen molar-refractivity contribution in [2.24, 2.45) is 0 Å². The van der Waals surface area contributed by atoms with E-state index in [9.17, 15) is 4.79 Å². The standard InChI is InChI=1S/C22H25ClN2O3/c1-14-8-21-18(11-19(14)23)16(10-22(26)28-21)12-24-13-20(25(2)3)15-6-5-7-17(9-15)27-4/h5-11,20,24H,12-13H2,1-4H3/t20-/m1/s1. The zero-order valence-corrected chi connectivity index (χ0v) is 17.3. The predicted octanol–water partition coefficient (Wildman–Crippen LogP) is 4.16. The second-order valence-electron chi connectivity index (χ2n) is 7.08. The third-order valence-electron chi connectivity index (χ3n) is 4.86. The fourth-order valence-electron chi connectivity index (χ4n) is 3.29. The molecule has 1 heterocycles. The van der Waals surface area contributed by atoms with Crippen molar-refractivity contribution in [3.63, 3.8) is 0 Å². The van der Waals surface area contributed by atoms with E-state index in [0.29, 0.717) is 23.7 Å². The lowest BCUT2D eigenvalue weighted by atomic mass is 10.0. The Hall–Kier alpha value is -2.34. The van der Waals surface area contributed by atoms with E-state index in [1.165, 1.54) is 6.07 Å². The highest BCUT2D eigenvalue weighted by atomic mass is 35.5. The van der Waals surface area contributed by atoms with Gasteiger partial charge in [-0.05, 0) is 62.0 Å². The minimum absolute atomic E-state index is 0.160. The molecular formula is C22H25ClN2O3. The number of rotatable bonds is 7. The summed E-state index contributed by atoms with van der Waals surface area (Å²) < 4.78 is 10.7. The second kappa shape index (κ2) is 8.78. The number of hydrogen-bond donors (Lipinski definition) is 1. The molecule has 0 amide bonds. The van der Waals surface area contributed by atoms with E-state index in [-0.39, 0.29) is 11.7 Å². The maximum Gasteiger partial charge on any atom is 0.336 e. The van der Waals surface area contributed by atoms with Gasteiger partial charge in [0.05, 0.1) is 7.11 Å². The minimum Gasteiger partial charge on any atom is -0.497 e. The van der Waals surface area contributed by atoms with Crippen LogP contribution in [0.2, 0.25) is 5.02 Å². The van der Waals surface area contributed by atoms with Crippen molar-refractivity contribution in [3.05, 3.63) is 74.6 Å². The van der Waals surface area contributed by atoms with Gasteiger partial charge in [0.15, 0.2) is 0 Å². The van der Waals surface area contributed by atoms with Gasteiger partial charge in [-0.15, -0.1) is 0 Å². The Morgan fingerprint density at radius 1 is 1.21 bits per heavy atom. The summed E-state index contributed by atoms with van der Waals surface area (Å²) in [6, 6.07) is 13.4. The van der Waals surface area contributed by atoms with Gasteiger partial charge in [0.1, 0.15) is 11.3 Å². The summed E-state index contributed by atoms with van der Waals surface area (Å²) in [6.07, 6.45) is 0. The highest BCUT2D eigenvalue weighted by molar-refractivity contribution is 6.32. The molecule has 0 bridgehead atoms. The largest absolute Gasteiger partial charge is 0.497 e. The molecule has 0 spiro atoms. The molecule has 3 rings (SSSR count). The van der Waals surface area contributed by atoms with Gasteiger partial charge in [-0.2, -0.15) is 0 Å². The molecule has 0 aliphatic carbocycles. The van der Waals surface area contributed by atoms with E-state index in [1.54, 1.807) is 13.2 Å². The number of hydrogen-bond acceptors (Lipinski definition) is 5. The van der Waals surface area contributed by atoms with Gasteiger partial charge in [0, 0.05) is 35.6 Å². The lowest BCUT2D eigenvalue weighted by molar-refractivity contribution is 0.287. The highest BCUT2D eigenvalue weighted by Crippen LogP contribution is 2.26. The summed E-state index contributed by atoms with van der Waals surface area (Å²) in [5.41, 5.74) is 3.11. The molecular weight excluding hydrogens is 376 g/mol. The topological polar surface area (TPSA) is 54.7 Å². The Morgan fingerprint density at radius 2 is 2.00 bits per heavy atom. The molecule has 0 unspecified atom stereocenters. The van der Waals surface area contributed by atoms with Gasteiger partial charge in [0.25, 0.3) is 0 Å². The minimum atomic E-state index is -0.358. The molecule has 6 heteroatoms. The molecule has 5 nitrogen and oxygen atoms in total. The van der Waals surface area contributed by atoms with Crippen LogP contribution < -0.4 is 15.7 Å². The summed E-state index contributed by atoms with van der Waals surface area (Å²) in [5, 5.41) is 4.98. The Balaban J connectivity index is 1.81. The second-order valence-corrected chi connectivity index (χ2v) is 7.48. The maximum absolute atomic E-state index is 11.9. The zero-order valence-electron chi connectivity index (χ0n) is 16.6.